The van der Waals surface area contributed by atoms with Crippen LogP contribution in [0, 0.1) is 11.6 Å². The topological polar surface area (TPSA) is 71.1 Å². The van der Waals surface area contributed by atoms with Gasteiger partial charge >= 0.3 is 0 Å². The molecule has 0 atom stereocenters. The molecule has 2 amide bonds. The Kier molecular flexibility index (Phi) is 6.83. The molecule has 0 bridgehead atoms. The molecule has 1 aromatic carbocycles. The Balaban J connectivity index is 1.42. The van der Waals surface area contributed by atoms with Gasteiger partial charge in [0, 0.05) is 22.9 Å². The molecule has 2 aromatic heterocycles. The monoisotopic (exact) mass is 421 g/mol. The lowest BCUT2D eigenvalue weighted by molar-refractivity contribution is -0.120. The molecule has 2 N–H and O–H groups in total. The van der Waals surface area contributed by atoms with Gasteiger partial charge < -0.3 is 10.6 Å². The average Bonchev–Trinajstić information content (AvgIpc) is 3.26. The number of carbonyl (C=O) groups is 2. The van der Waals surface area contributed by atoms with E-state index in [4.69, 9.17) is 0 Å². The Morgan fingerprint density at radius 1 is 1.04 bits per heavy atom. The fourth-order valence-corrected chi connectivity index (χ4v) is 3.94. The van der Waals surface area contributed by atoms with Crippen molar-refractivity contribution in [2.75, 3.05) is 11.9 Å². The van der Waals surface area contributed by atoms with E-state index >= 15 is 0 Å². The van der Waals surface area contributed by atoms with Gasteiger partial charge in [-0.3, -0.25) is 9.59 Å². The van der Waals surface area contributed by atoms with Crippen molar-refractivity contribution in [3.63, 3.8) is 0 Å². The number of benzene rings is 1. The fraction of sp³-hybridized carbons (Fsp3) is 0.211. The number of nitrogens with one attached hydrogen (secondary N) is 2. The van der Waals surface area contributed by atoms with E-state index in [0.29, 0.717) is 22.8 Å². The molecule has 0 radical (unpaired) electrons. The minimum Gasteiger partial charge on any atom is -0.355 e. The number of hydrogen-bond acceptors (Lipinski definition) is 5. The highest BCUT2D eigenvalue weighted by molar-refractivity contribution is 7.14. The third kappa shape index (κ3) is 6.21. The van der Waals surface area contributed by atoms with Crippen LogP contribution in [0.2, 0.25) is 0 Å². The molecule has 9 heteroatoms. The van der Waals surface area contributed by atoms with E-state index in [1.807, 2.05) is 17.5 Å². The Morgan fingerprint density at radius 2 is 1.82 bits per heavy atom. The molecule has 3 aromatic rings. The second-order valence-electron chi connectivity index (χ2n) is 6.00. The summed E-state index contributed by atoms with van der Waals surface area (Å²) in [6.45, 7) is 0.260. The third-order valence-corrected chi connectivity index (χ3v) is 5.40. The van der Waals surface area contributed by atoms with Crippen LogP contribution in [-0.4, -0.2) is 23.3 Å². The van der Waals surface area contributed by atoms with Crippen LogP contribution in [0.5, 0.6) is 0 Å². The summed E-state index contributed by atoms with van der Waals surface area (Å²) in [6, 6.07) is 7.06. The Hall–Kier alpha value is -2.65. The van der Waals surface area contributed by atoms with Gasteiger partial charge in [-0.25, -0.2) is 13.8 Å². The molecule has 0 fully saturated rings. The number of nitrogens with zero attached hydrogens (tertiary/aromatic N) is 1. The average molecular weight is 421 g/mol. The summed E-state index contributed by atoms with van der Waals surface area (Å²) >= 11 is 2.76. The molecule has 0 aliphatic rings. The van der Waals surface area contributed by atoms with Crippen LogP contribution in [0.25, 0.3) is 0 Å². The van der Waals surface area contributed by atoms with Gasteiger partial charge in [0.05, 0.1) is 18.5 Å². The van der Waals surface area contributed by atoms with Crippen molar-refractivity contribution < 1.29 is 18.4 Å². The van der Waals surface area contributed by atoms with Gasteiger partial charge in [-0.05, 0) is 35.6 Å². The van der Waals surface area contributed by atoms with Crippen LogP contribution in [0.3, 0.4) is 0 Å². The highest BCUT2D eigenvalue weighted by Gasteiger charge is 2.11. The number of aromatic nitrogens is 1. The van der Waals surface area contributed by atoms with Crippen LogP contribution in [0.4, 0.5) is 13.9 Å². The first kappa shape index (κ1) is 20.1. The number of thiophene rings is 1. The zero-order valence-electron chi connectivity index (χ0n) is 14.7. The number of hydrogen-bond donors (Lipinski definition) is 2. The summed E-state index contributed by atoms with van der Waals surface area (Å²) in [5.74, 6) is -1.69. The van der Waals surface area contributed by atoms with E-state index in [0.717, 1.165) is 10.9 Å². The lowest BCUT2D eigenvalue weighted by Crippen LogP contribution is -2.27. The smallest absolute Gasteiger partial charge is 0.231 e. The molecule has 0 saturated carbocycles. The zero-order chi connectivity index (χ0) is 19.9. The van der Waals surface area contributed by atoms with Crippen LogP contribution in [0.15, 0.2) is 41.1 Å². The molecule has 2 heterocycles. The van der Waals surface area contributed by atoms with Crippen molar-refractivity contribution in [3.05, 3.63) is 68.9 Å². The Morgan fingerprint density at radius 3 is 2.54 bits per heavy atom. The lowest BCUT2D eigenvalue weighted by atomic mass is 10.1. The Labute approximate surface area is 168 Å². The molecule has 3 rings (SSSR count). The van der Waals surface area contributed by atoms with Crippen molar-refractivity contribution in [2.45, 2.75) is 19.3 Å². The second-order valence-corrected chi connectivity index (χ2v) is 7.89. The first-order chi connectivity index (χ1) is 13.5. The quantitative estimate of drug-likeness (QED) is 0.584. The van der Waals surface area contributed by atoms with Gasteiger partial charge in [-0.1, -0.05) is 6.07 Å². The fourth-order valence-electron chi connectivity index (χ4n) is 2.51. The van der Waals surface area contributed by atoms with E-state index in [1.165, 1.54) is 34.8 Å². The van der Waals surface area contributed by atoms with Crippen LogP contribution < -0.4 is 10.6 Å². The van der Waals surface area contributed by atoms with Crippen LogP contribution in [-0.2, 0) is 28.9 Å². The summed E-state index contributed by atoms with van der Waals surface area (Å²) in [5, 5.41) is 9.48. The van der Waals surface area contributed by atoms with Crippen molar-refractivity contribution in [3.8, 4) is 0 Å². The normalized spacial score (nSPS) is 10.6. The molecule has 0 saturated heterocycles. The summed E-state index contributed by atoms with van der Waals surface area (Å²) in [4.78, 5) is 29.2. The van der Waals surface area contributed by atoms with Gasteiger partial charge in [0.2, 0.25) is 11.8 Å². The highest BCUT2D eigenvalue weighted by Crippen LogP contribution is 2.17. The summed E-state index contributed by atoms with van der Waals surface area (Å²) < 4.78 is 26.3. The summed E-state index contributed by atoms with van der Waals surface area (Å²) in [5.41, 5.74) is 1.02. The van der Waals surface area contributed by atoms with E-state index in [2.05, 4.69) is 15.6 Å². The van der Waals surface area contributed by atoms with Crippen LogP contribution >= 0.6 is 22.7 Å². The largest absolute Gasteiger partial charge is 0.355 e. The van der Waals surface area contributed by atoms with Gasteiger partial charge in [-0.2, -0.15) is 0 Å². The van der Waals surface area contributed by atoms with Crippen molar-refractivity contribution in [1.29, 1.82) is 0 Å². The molecule has 0 aliphatic carbocycles. The van der Waals surface area contributed by atoms with Gasteiger partial charge in [-0.15, -0.1) is 22.7 Å². The van der Waals surface area contributed by atoms with Crippen molar-refractivity contribution in [1.82, 2.24) is 10.3 Å². The molecule has 0 spiro atoms. The molecule has 5 nitrogen and oxygen atoms in total. The first-order valence-electron chi connectivity index (χ1n) is 8.46. The second kappa shape index (κ2) is 9.52. The number of halogens is 2. The number of rotatable bonds is 8. The van der Waals surface area contributed by atoms with E-state index in [9.17, 15) is 18.4 Å². The predicted molar refractivity (Wildman–Crippen MR) is 106 cm³/mol. The van der Waals surface area contributed by atoms with Crippen molar-refractivity contribution in [2.24, 2.45) is 0 Å². The zero-order valence-corrected chi connectivity index (χ0v) is 16.3. The maximum atomic E-state index is 13.1. The minimum atomic E-state index is -0.641. The molecule has 0 aliphatic heterocycles. The molecular formula is C19H17F2N3O2S2. The minimum absolute atomic E-state index is 0.0643. The third-order valence-electron chi connectivity index (χ3n) is 3.71. The van der Waals surface area contributed by atoms with Gasteiger partial charge in [0.25, 0.3) is 0 Å². The van der Waals surface area contributed by atoms with E-state index in [1.54, 1.807) is 5.38 Å². The molecule has 28 heavy (non-hydrogen) atoms. The Bertz CT molecular complexity index is 938. The van der Waals surface area contributed by atoms with E-state index in [-0.39, 0.29) is 31.2 Å². The van der Waals surface area contributed by atoms with Gasteiger partial charge in [0.1, 0.15) is 11.6 Å². The van der Waals surface area contributed by atoms with Gasteiger partial charge in [0.15, 0.2) is 5.13 Å². The molecule has 146 valence electrons. The predicted octanol–water partition coefficient (Wildman–Crippen LogP) is 3.57. The first-order valence-corrected chi connectivity index (χ1v) is 10.2. The van der Waals surface area contributed by atoms with Crippen molar-refractivity contribution >= 4 is 39.6 Å². The SMILES string of the molecule is O=C(Cc1csc(NC(=O)Cc2cccs2)n1)NCCc1cc(F)cc(F)c1. The maximum Gasteiger partial charge on any atom is 0.231 e. The summed E-state index contributed by atoms with van der Waals surface area (Å²) in [7, 11) is 0. The maximum absolute atomic E-state index is 13.1. The standard InChI is InChI=1S/C19H17F2N3O2S2/c20-13-6-12(7-14(21)8-13)3-4-22-17(25)9-15-11-28-19(23-15)24-18(26)10-16-2-1-5-27-16/h1-2,5-8,11H,3-4,9-10H2,(H,22,25)(H,23,24,26). The summed E-state index contributed by atoms with van der Waals surface area (Å²) in [6.07, 6.45) is 0.671. The lowest BCUT2D eigenvalue weighted by Gasteiger charge is -2.05. The molecular weight excluding hydrogens is 404 g/mol. The van der Waals surface area contributed by atoms with E-state index < -0.39 is 11.6 Å². The van der Waals surface area contributed by atoms with Crippen LogP contribution in [0.1, 0.15) is 16.1 Å². The number of anilines is 1. The molecule has 0 unspecified atom stereocenters. The highest BCUT2D eigenvalue weighted by atomic mass is 32.1. The number of thiazole rings is 1. The number of amides is 2. The number of carbonyl (C=O) groups excluding carboxylic acids is 2.